The van der Waals surface area contributed by atoms with Gasteiger partial charge < -0.3 is 9.88 Å². The molecule has 1 aliphatic rings. The van der Waals surface area contributed by atoms with Gasteiger partial charge in [0.15, 0.2) is 0 Å². The number of aromatic nitrogens is 1. The van der Waals surface area contributed by atoms with E-state index in [1.54, 1.807) is 4.90 Å². The van der Waals surface area contributed by atoms with E-state index in [9.17, 15) is 4.79 Å². The van der Waals surface area contributed by atoms with Crippen LogP contribution in [0.15, 0.2) is 24.3 Å². The van der Waals surface area contributed by atoms with Gasteiger partial charge in [0.2, 0.25) is 6.39 Å². The minimum absolute atomic E-state index is 0.557. The molecule has 0 saturated heterocycles. The van der Waals surface area contributed by atoms with Crippen LogP contribution in [0.3, 0.4) is 0 Å². The number of hydrogen-bond acceptors (Lipinski definition) is 1. The Morgan fingerprint density at radius 1 is 1.47 bits per heavy atom. The van der Waals surface area contributed by atoms with Gasteiger partial charge >= 0.3 is 0 Å². The average molecular weight is 201 g/mol. The summed E-state index contributed by atoms with van der Waals surface area (Å²) in [4.78, 5) is 16.0. The summed E-state index contributed by atoms with van der Waals surface area (Å²) in [5, 5.41) is 1.17. The first-order chi connectivity index (χ1) is 7.75. The van der Waals surface area contributed by atoms with Crippen molar-refractivity contribution in [2.75, 3.05) is 6.54 Å². The molecule has 15 heavy (non-hydrogen) atoms. The van der Waals surface area contributed by atoms with Gasteiger partial charge in [-0.2, -0.15) is 0 Å². The number of carbonyl (C=O) groups excluding carboxylic acids is 1. The predicted octanol–water partition coefficient (Wildman–Crippen LogP) is 1.68. The van der Waals surface area contributed by atoms with Gasteiger partial charge in [-0.15, -0.1) is 0 Å². The van der Waals surface area contributed by atoms with Crippen LogP contribution in [-0.2, 0) is 17.8 Å². The molecule has 0 aliphatic carbocycles. The summed E-state index contributed by atoms with van der Waals surface area (Å²) in [5.41, 5.74) is 3.49. The zero-order valence-corrected chi connectivity index (χ0v) is 8.29. The topological polar surface area (TPSA) is 36.1 Å². The predicted molar refractivity (Wildman–Crippen MR) is 58.5 cm³/mol. The Morgan fingerprint density at radius 2 is 2.33 bits per heavy atom. The highest BCUT2D eigenvalue weighted by Gasteiger charge is 2.18. The van der Waals surface area contributed by atoms with Crippen LogP contribution in [0.2, 0.25) is 0 Å². The van der Waals surface area contributed by atoms with E-state index >= 15 is 0 Å². The molecule has 3 heteroatoms. The number of carbonyl (C=O) groups is 1. The molecular weight excluding hydrogens is 188 g/mol. The van der Waals surface area contributed by atoms with Crippen LogP contribution in [-0.4, -0.2) is 22.8 Å². The number of H-pyrrole nitrogens is 1. The largest absolute Gasteiger partial charge is 0.358 e. The van der Waals surface area contributed by atoms with Gasteiger partial charge in [-0.3, -0.25) is 4.79 Å². The lowest BCUT2D eigenvalue weighted by Gasteiger charge is -2.22. The maximum Gasteiger partial charge on any atom is 0.210 e. The van der Waals surface area contributed by atoms with Crippen LogP contribution in [0.5, 0.6) is 0 Å². The van der Waals surface area contributed by atoms with Gasteiger partial charge in [0.25, 0.3) is 0 Å². The van der Waals surface area contributed by atoms with Crippen molar-refractivity contribution in [1.82, 2.24) is 9.88 Å². The molecule has 1 amide bonds. The molecule has 0 fully saturated rings. The number of nitrogens with zero attached hydrogens (tertiary/aromatic N) is 1. The fraction of sp³-hybridized carbons (Fsp3) is 0.250. The van der Waals surface area contributed by atoms with Gasteiger partial charge in [-0.25, -0.2) is 0 Å². The first-order valence-electron chi connectivity index (χ1n) is 5.59. The molecule has 1 aromatic heterocycles. The molecule has 2 heterocycles. The summed E-state index contributed by atoms with van der Waals surface area (Å²) in [6.45, 7) is 1.20. The number of nitrogens with one attached hydrogen (secondary N) is 1. The van der Waals surface area contributed by atoms with Crippen LogP contribution in [0.4, 0.5) is 0 Å². The molecule has 3 rings (SSSR count). The van der Waals surface area contributed by atoms with Crippen LogP contribution in [0, 0.1) is 0 Å². The van der Waals surface area contributed by atoms with Gasteiger partial charge in [0, 0.05) is 41.7 Å². The van der Waals surface area contributed by atoms with Gasteiger partial charge in [-0.05, 0) is 6.07 Å². The zero-order valence-electron chi connectivity index (χ0n) is 9.29. The molecule has 0 bridgehead atoms. The number of amides is 1. The third kappa shape index (κ3) is 1.23. The monoisotopic (exact) mass is 201 g/mol. The van der Waals surface area contributed by atoms with Gasteiger partial charge in [-0.1, -0.05) is 18.2 Å². The van der Waals surface area contributed by atoms with E-state index in [0.29, 0.717) is 13.1 Å². The van der Waals surface area contributed by atoms with E-state index in [2.05, 4.69) is 11.1 Å². The lowest BCUT2D eigenvalue weighted by molar-refractivity contribution is -0.118. The molecule has 0 spiro atoms. The summed E-state index contributed by atoms with van der Waals surface area (Å²) in [5.74, 6) is 0. The van der Waals surface area contributed by atoms with Crippen LogP contribution in [0.25, 0.3) is 10.9 Å². The Hall–Kier alpha value is -1.77. The second-order valence-electron chi connectivity index (χ2n) is 3.89. The quantitative estimate of drug-likeness (QED) is 0.647. The number of aromatic amines is 1. The second kappa shape index (κ2) is 3.12. The van der Waals surface area contributed by atoms with Gasteiger partial charge in [0.1, 0.15) is 1.37 Å². The average Bonchev–Trinajstić information content (AvgIpc) is 2.66. The lowest BCUT2D eigenvalue weighted by atomic mass is 10.1. The molecule has 0 saturated carbocycles. The summed E-state index contributed by atoms with van der Waals surface area (Å²) < 4.78 is 7.15. The second-order valence-corrected chi connectivity index (χ2v) is 3.89. The molecule has 1 aromatic carbocycles. The Balaban J connectivity index is 2.11. The fourth-order valence-electron chi connectivity index (χ4n) is 2.24. The Morgan fingerprint density at radius 3 is 3.20 bits per heavy atom. The molecule has 0 radical (unpaired) electrons. The maximum absolute atomic E-state index is 11.0. The smallest absolute Gasteiger partial charge is 0.210 e. The van der Waals surface area contributed by atoms with Crippen LogP contribution < -0.4 is 0 Å². The molecule has 2 aromatic rings. The van der Waals surface area contributed by atoms with Crippen LogP contribution >= 0.6 is 0 Å². The Kier molecular flexibility index (Phi) is 1.56. The minimum atomic E-state index is -0.587. The molecule has 3 nitrogen and oxygen atoms in total. The molecule has 0 atom stereocenters. The zero-order chi connectivity index (χ0) is 11.1. The SMILES string of the molecule is [2H]C(=O)N1CCc2[nH]c3ccccc3c2C1. The van der Waals surface area contributed by atoms with Crippen molar-refractivity contribution in [2.45, 2.75) is 13.0 Å². The van der Waals surface area contributed by atoms with E-state index in [1.807, 2.05) is 18.2 Å². The van der Waals surface area contributed by atoms with E-state index in [4.69, 9.17) is 1.37 Å². The summed E-state index contributed by atoms with van der Waals surface area (Å²) in [6, 6.07) is 8.10. The lowest BCUT2D eigenvalue weighted by Crippen LogP contribution is -2.28. The van der Waals surface area contributed by atoms with Crippen molar-refractivity contribution < 1.29 is 6.17 Å². The summed E-state index contributed by atoms with van der Waals surface area (Å²) >= 11 is 0. The third-order valence-electron chi connectivity index (χ3n) is 3.01. The van der Waals surface area contributed by atoms with Crippen molar-refractivity contribution in [3.63, 3.8) is 0 Å². The normalized spacial score (nSPS) is 16.3. The first kappa shape index (κ1) is 7.51. The number of hydrogen-bond donors (Lipinski definition) is 1. The number of rotatable bonds is 0. The molecule has 1 N–H and O–H groups in total. The number of fused-ring (bicyclic) bond motifs is 3. The Bertz CT molecular complexity index is 561. The highest BCUT2D eigenvalue weighted by atomic mass is 16.1. The number of benzene rings is 1. The minimum Gasteiger partial charge on any atom is -0.358 e. The fourth-order valence-corrected chi connectivity index (χ4v) is 2.24. The first-order valence-corrected chi connectivity index (χ1v) is 5.09. The van der Waals surface area contributed by atoms with E-state index in [1.165, 1.54) is 16.6 Å². The van der Waals surface area contributed by atoms with Crippen molar-refractivity contribution in [2.24, 2.45) is 0 Å². The highest BCUT2D eigenvalue weighted by molar-refractivity contribution is 5.85. The highest BCUT2D eigenvalue weighted by Crippen LogP contribution is 2.26. The van der Waals surface area contributed by atoms with Crippen molar-refractivity contribution in [3.05, 3.63) is 35.5 Å². The maximum atomic E-state index is 11.0. The van der Waals surface area contributed by atoms with Crippen molar-refractivity contribution in [3.8, 4) is 0 Å². The molecule has 0 unspecified atom stereocenters. The van der Waals surface area contributed by atoms with Crippen molar-refractivity contribution in [1.29, 1.82) is 0 Å². The van der Waals surface area contributed by atoms with E-state index in [-0.39, 0.29) is 0 Å². The standard InChI is InChI=1S/C12H12N2O/c15-8-14-6-5-12-10(7-14)9-3-1-2-4-11(9)13-12/h1-4,8,13H,5-7H2/i8D. The molecular formula is C12H12N2O. The van der Waals surface area contributed by atoms with Gasteiger partial charge in [0.05, 0.1) is 0 Å². The number of para-hydroxylation sites is 1. The van der Waals surface area contributed by atoms with Crippen molar-refractivity contribution >= 4 is 17.3 Å². The Labute approximate surface area is 89.1 Å². The molecule has 76 valence electrons. The van der Waals surface area contributed by atoms with E-state index < -0.39 is 6.39 Å². The van der Waals surface area contributed by atoms with Crippen LogP contribution in [0.1, 0.15) is 12.6 Å². The van der Waals surface area contributed by atoms with E-state index in [0.717, 1.165) is 11.9 Å². The third-order valence-corrected chi connectivity index (χ3v) is 3.01. The molecule has 1 aliphatic heterocycles. The summed E-state index contributed by atoms with van der Waals surface area (Å²) in [6.07, 6.45) is 0.227. The summed E-state index contributed by atoms with van der Waals surface area (Å²) in [7, 11) is 0.